The Balaban J connectivity index is 0.00000180. The molecule has 0 radical (unpaired) electrons. The molecule has 1 saturated carbocycles. The van der Waals surface area contributed by atoms with Crippen molar-refractivity contribution < 1.29 is 4.79 Å². The van der Waals surface area contributed by atoms with Crippen molar-refractivity contribution in [2.75, 3.05) is 26.2 Å². The molecule has 2 aliphatic rings. The fourth-order valence-corrected chi connectivity index (χ4v) is 3.27. The first-order valence-electron chi connectivity index (χ1n) is 7.62. The third kappa shape index (κ3) is 3.63. The molecule has 1 amide bonds. The van der Waals surface area contributed by atoms with E-state index in [1.807, 2.05) is 0 Å². The highest BCUT2D eigenvalue weighted by Gasteiger charge is 2.58. The van der Waals surface area contributed by atoms with Gasteiger partial charge in [-0.1, -0.05) is 20.3 Å². The minimum atomic E-state index is 0. The minimum absolute atomic E-state index is 0. The first-order chi connectivity index (χ1) is 8.63. The van der Waals surface area contributed by atoms with Crippen LogP contribution in [0.2, 0.25) is 0 Å². The van der Waals surface area contributed by atoms with E-state index in [-0.39, 0.29) is 12.4 Å². The van der Waals surface area contributed by atoms with Crippen molar-refractivity contribution >= 4 is 18.3 Å². The molecule has 1 aliphatic heterocycles. The molecule has 2 fully saturated rings. The zero-order valence-corrected chi connectivity index (χ0v) is 13.4. The second kappa shape index (κ2) is 6.94. The van der Waals surface area contributed by atoms with Crippen LogP contribution in [0.4, 0.5) is 0 Å². The lowest BCUT2D eigenvalue weighted by molar-refractivity contribution is -0.134. The van der Waals surface area contributed by atoms with Crippen molar-refractivity contribution in [1.82, 2.24) is 10.2 Å². The van der Waals surface area contributed by atoms with Crippen molar-refractivity contribution in [2.24, 2.45) is 17.3 Å². The normalized spacial score (nSPS) is 25.5. The number of rotatable bonds is 5. The summed E-state index contributed by atoms with van der Waals surface area (Å²) >= 11 is 0. The lowest BCUT2D eigenvalue weighted by Crippen LogP contribution is -2.38. The topological polar surface area (TPSA) is 32.3 Å². The van der Waals surface area contributed by atoms with E-state index in [0.717, 1.165) is 39.0 Å². The van der Waals surface area contributed by atoms with E-state index < -0.39 is 0 Å². The lowest BCUT2D eigenvalue weighted by atomic mass is 9.91. The number of nitrogens with zero attached hydrogens (tertiary/aromatic N) is 1. The number of carbonyl (C=O) groups excluding carboxylic acids is 1. The van der Waals surface area contributed by atoms with Gasteiger partial charge < -0.3 is 10.2 Å². The van der Waals surface area contributed by atoms with Crippen molar-refractivity contribution in [1.29, 1.82) is 0 Å². The number of hydrogen-bond acceptors (Lipinski definition) is 2. The molecule has 112 valence electrons. The Hall–Kier alpha value is -0.280. The maximum atomic E-state index is 12.6. The van der Waals surface area contributed by atoms with Crippen LogP contribution >= 0.6 is 12.4 Å². The number of amides is 1. The van der Waals surface area contributed by atoms with Crippen molar-refractivity contribution in [3.05, 3.63) is 0 Å². The molecular weight excluding hydrogens is 260 g/mol. The molecule has 2 rings (SSSR count). The highest BCUT2D eigenvalue weighted by atomic mass is 35.5. The molecule has 1 heterocycles. The van der Waals surface area contributed by atoms with Crippen molar-refractivity contribution in [2.45, 2.75) is 46.5 Å². The van der Waals surface area contributed by atoms with Crippen LogP contribution in [0, 0.1) is 17.3 Å². The largest absolute Gasteiger partial charge is 0.342 e. The second-order valence-electron chi connectivity index (χ2n) is 6.26. The van der Waals surface area contributed by atoms with E-state index in [1.165, 1.54) is 12.8 Å². The van der Waals surface area contributed by atoms with Crippen LogP contribution in [0.1, 0.15) is 46.5 Å². The third-order valence-corrected chi connectivity index (χ3v) is 5.01. The fraction of sp³-hybridized carbons (Fsp3) is 0.933. The molecule has 1 saturated heterocycles. The van der Waals surface area contributed by atoms with Crippen LogP contribution in [0.15, 0.2) is 0 Å². The zero-order chi connectivity index (χ0) is 13.2. The van der Waals surface area contributed by atoms with Gasteiger partial charge in [0.1, 0.15) is 0 Å². The van der Waals surface area contributed by atoms with Crippen LogP contribution < -0.4 is 5.32 Å². The number of hydrogen-bond donors (Lipinski definition) is 1. The Morgan fingerprint density at radius 2 is 2.00 bits per heavy atom. The minimum Gasteiger partial charge on any atom is -0.342 e. The van der Waals surface area contributed by atoms with Gasteiger partial charge in [-0.15, -0.1) is 12.4 Å². The fourth-order valence-electron chi connectivity index (χ4n) is 3.27. The average molecular weight is 289 g/mol. The van der Waals surface area contributed by atoms with Crippen molar-refractivity contribution in [3.63, 3.8) is 0 Å². The van der Waals surface area contributed by atoms with Crippen LogP contribution in [-0.2, 0) is 4.79 Å². The predicted molar refractivity (Wildman–Crippen MR) is 81.6 cm³/mol. The standard InChI is InChI=1S/C15H28N2O.ClH/c1-4-12(3)11-17(5-2)14(18)13-10-15(13)6-8-16-9-7-15;/h12-13,16H,4-11H2,1-3H3;1H. The van der Waals surface area contributed by atoms with Gasteiger partial charge in [-0.05, 0) is 50.6 Å². The van der Waals surface area contributed by atoms with Crippen LogP contribution in [-0.4, -0.2) is 37.0 Å². The second-order valence-corrected chi connectivity index (χ2v) is 6.26. The van der Waals surface area contributed by atoms with Gasteiger partial charge in [-0.3, -0.25) is 4.79 Å². The SMILES string of the molecule is CCC(C)CN(CC)C(=O)C1CC12CCNCC2.Cl. The van der Waals surface area contributed by atoms with Gasteiger partial charge in [-0.2, -0.15) is 0 Å². The number of nitrogens with one attached hydrogen (secondary N) is 1. The summed E-state index contributed by atoms with van der Waals surface area (Å²) in [5.41, 5.74) is 0.380. The Morgan fingerprint density at radius 1 is 1.37 bits per heavy atom. The molecule has 1 N–H and O–H groups in total. The Labute approximate surface area is 123 Å². The first-order valence-corrected chi connectivity index (χ1v) is 7.62. The number of halogens is 1. The summed E-state index contributed by atoms with van der Waals surface area (Å²) in [7, 11) is 0. The van der Waals surface area contributed by atoms with Crippen LogP contribution in [0.5, 0.6) is 0 Å². The van der Waals surface area contributed by atoms with E-state index in [4.69, 9.17) is 0 Å². The van der Waals surface area contributed by atoms with Gasteiger partial charge in [0, 0.05) is 19.0 Å². The molecule has 2 unspecified atom stereocenters. The van der Waals surface area contributed by atoms with E-state index in [2.05, 4.69) is 31.0 Å². The molecule has 1 aliphatic carbocycles. The van der Waals surface area contributed by atoms with E-state index >= 15 is 0 Å². The zero-order valence-electron chi connectivity index (χ0n) is 12.6. The summed E-state index contributed by atoms with van der Waals surface area (Å²) in [6.45, 7) is 10.6. The summed E-state index contributed by atoms with van der Waals surface area (Å²) in [5.74, 6) is 1.39. The highest BCUT2D eigenvalue weighted by Crippen LogP contribution is 2.59. The molecule has 0 aromatic carbocycles. The predicted octanol–water partition coefficient (Wildman–Crippen LogP) is 2.69. The molecule has 0 aromatic rings. The molecule has 19 heavy (non-hydrogen) atoms. The molecule has 2 atom stereocenters. The highest BCUT2D eigenvalue weighted by molar-refractivity contribution is 5.85. The third-order valence-electron chi connectivity index (χ3n) is 5.01. The summed E-state index contributed by atoms with van der Waals surface area (Å²) in [5, 5.41) is 3.40. The van der Waals surface area contributed by atoms with Crippen molar-refractivity contribution in [3.8, 4) is 0 Å². The first kappa shape index (κ1) is 16.8. The van der Waals surface area contributed by atoms with E-state index in [1.54, 1.807) is 0 Å². The summed E-state index contributed by atoms with van der Waals surface area (Å²) in [6, 6.07) is 0. The molecule has 4 heteroatoms. The summed E-state index contributed by atoms with van der Waals surface area (Å²) < 4.78 is 0. The Bertz CT molecular complexity index is 299. The van der Waals surface area contributed by atoms with Gasteiger partial charge in [0.15, 0.2) is 0 Å². The van der Waals surface area contributed by atoms with Gasteiger partial charge in [-0.25, -0.2) is 0 Å². The summed E-state index contributed by atoms with van der Waals surface area (Å²) in [4.78, 5) is 14.7. The van der Waals surface area contributed by atoms with E-state index in [0.29, 0.717) is 23.2 Å². The monoisotopic (exact) mass is 288 g/mol. The summed E-state index contributed by atoms with van der Waals surface area (Å²) in [6.07, 6.45) is 4.70. The van der Waals surface area contributed by atoms with Gasteiger partial charge in [0.05, 0.1) is 0 Å². The molecule has 1 spiro atoms. The maximum Gasteiger partial charge on any atom is 0.226 e. The average Bonchev–Trinajstić information content (AvgIpc) is 3.09. The van der Waals surface area contributed by atoms with Crippen LogP contribution in [0.25, 0.3) is 0 Å². The molecule has 3 nitrogen and oxygen atoms in total. The smallest absolute Gasteiger partial charge is 0.226 e. The number of piperidine rings is 1. The molecular formula is C15H29ClN2O. The van der Waals surface area contributed by atoms with E-state index in [9.17, 15) is 4.79 Å². The Morgan fingerprint density at radius 3 is 2.53 bits per heavy atom. The Kier molecular flexibility index (Phi) is 6.13. The van der Waals surface area contributed by atoms with Gasteiger partial charge in [0.2, 0.25) is 5.91 Å². The molecule has 0 bridgehead atoms. The quantitative estimate of drug-likeness (QED) is 0.844. The maximum absolute atomic E-state index is 12.6. The van der Waals surface area contributed by atoms with Gasteiger partial charge in [0.25, 0.3) is 0 Å². The number of carbonyl (C=O) groups is 1. The van der Waals surface area contributed by atoms with Gasteiger partial charge >= 0.3 is 0 Å². The lowest BCUT2D eigenvalue weighted by Gasteiger charge is -2.27. The van der Waals surface area contributed by atoms with Crippen LogP contribution in [0.3, 0.4) is 0 Å². The molecule has 0 aromatic heterocycles.